The molecule has 1 amide bonds. The number of carbonyl (C=O) groups is 2. The Bertz CT molecular complexity index is 663. The van der Waals surface area contributed by atoms with Gasteiger partial charge in [-0.15, -0.1) is 0 Å². The van der Waals surface area contributed by atoms with Gasteiger partial charge < -0.3 is 25.3 Å². The standard InChI is InChI=1S/C13H13N3O5/c14-11(17)10-12(18)15-7-16(10)5-6-21-9-3-1-8(2-4-9)13(19)20/h1-4,7,18H,5-6H2,(H2,14,17)(H,19,20). The summed E-state index contributed by atoms with van der Waals surface area (Å²) in [4.78, 5) is 25.4. The maximum absolute atomic E-state index is 11.1. The Hall–Kier alpha value is -3.03. The third-order valence-corrected chi connectivity index (χ3v) is 2.75. The van der Waals surface area contributed by atoms with Gasteiger partial charge in [0.15, 0.2) is 5.69 Å². The van der Waals surface area contributed by atoms with Crippen LogP contribution in [0.5, 0.6) is 11.6 Å². The molecule has 0 aliphatic rings. The fourth-order valence-electron chi connectivity index (χ4n) is 1.75. The summed E-state index contributed by atoms with van der Waals surface area (Å²) < 4.78 is 6.79. The van der Waals surface area contributed by atoms with Gasteiger partial charge in [0.25, 0.3) is 5.91 Å². The van der Waals surface area contributed by atoms with Crippen LogP contribution < -0.4 is 10.5 Å². The molecule has 0 bridgehead atoms. The predicted octanol–water partition coefficient (Wildman–Crippen LogP) is 0.465. The number of rotatable bonds is 6. The summed E-state index contributed by atoms with van der Waals surface area (Å²) in [7, 11) is 0. The molecule has 0 aliphatic heterocycles. The number of nitrogens with two attached hydrogens (primary N) is 1. The highest BCUT2D eigenvalue weighted by Gasteiger charge is 2.15. The van der Waals surface area contributed by atoms with Gasteiger partial charge in [-0.1, -0.05) is 0 Å². The molecule has 4 N–H and O–H groups in total. The van der Waals surface area contributed by atoms with Gasteiger partial charge in [-0.3, -0.25) is 4.79 Å². The normalized spacial score (nSPS) is 10.3. The summed E-state index contributed by atoms with van der Waals surface area (Å²) in [5, 5.41) is 18.1. The van der Waals surface area contributed by atoms with E-state index in [1.165, 1.54) is 35.2 Å². The number of nitrogens with zero attached hydrogens (tertiary/aromatic N) is 2. The molecular weight excluding hydrogens is 278 g/mol. The van der Waals surface area contributed by atoms with Crippen LogP contribution in [-0.4, -0.2) is 38.2 Å². The molecule has 0 spiro atoms. The first-order valence-electron chi connectivity index (χ1n) is 5.99. The predicted molar refractivity (Wildman–Crippen MR) is 71.3 cm³/mol. The van der Waals surface area contributed by atoms with Crippen molar-refractivity contribution in [3.63, 3.8) is 0 Å². The lowest BCUT2D eigenvalue weighted by Gasteiger charge is -2.08. The Labute approximate surface area is 119 Å². The second-order valence-corrected chi connectivity index (χ2v) is 4.15. The molecule has 21 heavy (non-hydrogen) atoms. The zero-order chi connectivity index (χ0) is 15.4. The number of carboxylic acids is 1. The molecule has 110 valence electrons. The zero-order valence-electron chi connectivity index (χ0n) is 10.9. The van der Waals surface area contributed by atoms with E-state index in [0.717, 1.165) is 0 Å². The van der Waals surface area contributed by atoms with E-state index >= 15 is 0 Å². The Kier molecular flexibility index (Phi) is 4.07. The molecule has 1 aromatic carbocycles. The minimum absolute atomic E-state index is 0.0835. The molecule has 0 unspecified atom stereocenters. The Morgan fingerprint density at radius 3 is 2.52 bits per heavy atom. The summed E-state index contributed by atoms with van der Waals surface area (Å²) in [6.07, 6.45) is 1.28. The lowest BCUT2D eigenvalue weighted by molar-refractivity contribution is 0.0696. The second-order valence-electron chi connectivity index (χ2n) is 4.15. The van der Waals surface area contributed by atoms with Crippen molar-refractivity contribution in [3.05, 3.63) is 41.9 Å². The number of aromatic hydroxyl groups is 1. The van der Waals surface area contributed by atoms with E-state index in [0.29, 0.717) is 5.75 Å². The van der Waals surface area contributed by atoms with Gasteiger partial charge in [-0.25, -0.2) is 9.78 Å². The van der Waals surface area contributed by atoms with E-state index in [1.807, 2.05) is 0 Å². The molecule has 0 radical (unpaired) electrons. The third-order valence-electron chi connectivity index (χ3n) is 2.75. The number of aromatic carboxylic acids is 1. The fraction of sp³-hybridized carbons (Fsp3) is 0.154. The molecule has 2 rings (SSSR count). The van der Waals surface area contributed by atoms with E-state index in [4.69, 9.17) is 15.6 Å². The molecule has 0 saturated carbocycles. The first-order valence-corrected chi connectivity index (χ1v) is 5.99. The van der Waals surface area contributed by atoms with Gasteiger partial charge in [-0.05, 0) is 24.3 Å². The molecule has 8 nitrogen and oxygen atoms in total. The van der Waals surface area contributed by atoms with E-state index in [9.17, 15) is 14.7 Å². The number of ether oxygens (including phenoxy) is 1. The van der Waals surface area contributed by atoms with Crippen molar-refractivity contribution in [2.24, 2.45) is 5.73 Å². The van der Waals surface area contributed by atoms with E-state index in [1.54, 1.807) is 0 Å². The molecule has 0 saturated heterocycles. The van der Waals surface area contributed by atoms with Crippen molar-refractivity contribution in [1.82, 2.24) is 9.55 Å². The van der Waals surface area contributed by atoms with Crippen LogP contribution in [0.1, 0.15) is 20.8 Å². The van der Waals surface area contributed by atoms with E-state index in [2.05, 4.69) is 4.98 Å². The minimum atomic E-state index is -1.01. The van der Waals surface area contributed by atoms with Crippen molar-refractivity contribution < 1.29 is 24.5 Å². The number of hydrogen-bond donors (Lipinski definition) is 3. The van der Waals surface area contributed by atoms with Gasteiger partial charge >= 0.3 is 5.97 Å². The number of carboxylic acid groups (broad SMARTS) is 1. The van der Waals surface area contributed by atoms with Crippen molar-refractivity contribution in [1.29, 1.82) is 0 Å². The van der Waals surface area contributed by atoms with Crippen LogP contribution in [0, 0.1) is 0 Å². The Balaban J connectivity index is 1.95. The van der Waals surface area contributed by atoms with Gasteiger partial charge in [-0.2, -0.15) is 0 Å². The lowest BCUT2D eigenvalue weighted by Crippen LogP contribution is -2.19. The minimum Gasteiger partial charge on any atom is -0.492 e. The number of carbonyl (C=O) groups excluding carboxylic acids is 1. The summed E-state index contributed by atoms with van der Waals surface area (Å²) >= 11 is 0. The second kappa shape index (κ2) is 5.95. The molecule has 8 heteroatoms. The zero-order valence-corrected chi connectivity index (χ0v) is 10.9. The quantitative estimate of drug-likeness (QED) is 0.709. The maximum Gasteiger partial charge on any atom is 0.335 e. The van der Waals surface area contributed by atoms with Crippen LogP contribution in [-0.2, 0) is 6.54 Å². The lowest BCUT2D eigenvalue weighted by atomic mass is 10.2. The molecule has 1 heterocycles. The molecule has 0 atom stereocenters. The van der Waals surface area contributed by atoms with Gasteiger partial charge in [0.2, 0.25) is 5.88 Å². The molecular formula is C13H13N3O5. The number of amides is 1. The van der Waals surface area contributed by atoms with Crippen LogP contribution in [0.3, 0.4) is 0 Å². The Morgan fingerprint density at radius 1 is 1.29 bits per heavy atom. The van der Waals surface area contributed by atoms with Crippen LogP contribution in [0.2, 0.25) is 0 Å². The number of imidazole rings is 1. The summed E-state index contributed by atoms with van der Waals surface area (Å²) in [5.41, 5.74) is 5.21. The molecule has 2 aromatic rings. The largest absolute Gasteiger partial charge is 0.492 e. The highest BCUT2D eigenvalue weighted by Crippen LogP contribution is 2.15. The molecule has 1 aromatic heterocycles. The van der Waals surface area contributed by atoms with Crippen LogP contribution >= 0.6 is 0 Å². The summed E-state index contributed by atoms with van der Waals surface area (Å²) in [5.74, 6) is -1.73. The monoisotopic (exact) mass is 291 g/mol. The van der Waals surface area contributed by atoms with Crippen molar-refractivity contribution >= 4 is 11.9 Å². The fourth-order valence-corrected chi connectivity index (χ4v) is 1.75. The van der Waals surface area contributed by atoms with Crippen molar-refractivity contribution in [2.45, 2.75) is 6.54 Å². The van der Waals surface area contributed by atoms with E-state index < -0.39 is 17.8 Å². The number of primary amides is 1. The van der Waals surface area contributed by atoms with Crippen molar-refractivity contribution in [3.8, 4) is 11.6 Å². The molecule has 0 fully saturated rings. The highest BCUT2D eigenvalue weighted by atomic mass is 16.5. The topological polar surface area (TPSA) is 128 Å². The third kappa shape index (κ3) is 3.30. The Morgan fingerprint density at radius 2 is 1.95 bits per heavy atom. The maximum atomic E-state index is 11.1. The molecule has 0 aliphatic carbocycles. The van der Waals surface area contributed by atoms with Gasteiger partial charge in [0, 0.05) is 0 Å². The SMILES string of the molecule is NC(=O)c1c(O)ncn1CCOc1ccc(C(=O)O)cc1. The van der Waals surface area contributed by atoms with Crippen LogP contribution in [0.4, 0.5) is 0 Å². The summed E-state index contributed by atoms with van der Waals surface area (Å²) in [6.45, 7) is 0.453. The first kappa shape index (κ1) is 14.4. The van der Waals surface area contributed by atoms with Crippen molar-refractivity contribution in [2.75, 3.05) is 6.61 Å². The average molecular weight is 291 g/mol. The van der Waals surface area contributed by atoms with Gasteiger partial charge in [0.1, 0.15) is 12.4 Å². The van der Waals surface area contributed by atoms with Gasteiger partial charge in [0.05, 0.1) is 18.4 Å². The first-order chi connectivity index (χ1) is 9.99. The van der Waals surface area contributed by atoms with Crippen LogP contribution in [0.15, 0.2) is 30.6 Å². The smallest absolute Gasteiger partial charge is 0.335 e. The highest BCUT2D eigenvalue weighted by molar-refractivity contribution is 5.93. The number of aromatic nitrogens is 2. The average Bonchev–Trinajstić information content (AvgIpc) is 2.80. The summed E-state index contributed by atoms with van der Waals surface area (Å²) in [6, 6.07) is 5.92. The van der Waals surface area contributed by atoms with E-state index in [-0.39, 0.29) is 24.4 Å². The number of hydrogen-bond acceptors (Lipinski definition) is 5. The van der Waals surface area contributed by atoms with Crippen LogP contribution in [0.25, 0.3) is 0 Å². The number of benzene rings is 1.